The van der Waals surface area contributed by atoms with Crippen LogP contribution in [0.3, 0.4) is 0 Å². The molecule has 0 heterocycles. The van der Waals surface area contributed by atoms with Gasteiger partial charge >= 0.3 is 0 Å². The van der Waals surface area contributed by atoms with Gasteiger partial charge in [0.25, 0.3) is 5.91 Å². The summed E-state index contributed by atoms with van der Waals surface area (Å²) < 4.78 is 5.23. The number of hydrogen-bond donors (Lipinski definition) is 1. The highest BCUT2D eigenvalue weighted by atomic mass is 16.5. The maximum absolute atomic E-state index is 11.7. The number of ether oxygens (including phenoxy) is 1. The van der Waals surface area contributed by atoms with Crippen molar-refractivity contribution in [2.75, 3.05) is 7.11 Å². The number of methoxy groups -OCH3 is 1. The predicted molar refractivity (Wildman–Crippen MR) is 84.4 cm³/mol. The van der Waals surface area contributed by atoms with E-state index in [-0.39, 0.29) is 5.91 Å². The molecule has 21 heavy (non-hydrogen) atoms. The van der Waals surface area contributed by atoms with Crippen LogP contribution in [-0.2, 0) is 0 Å². The van der Waals surface area contributed by atoms with Crippen LogP contribution in [0.5, 0.6) is 5.75 Å². The topological polar surface area (TPSA) is 50.7 Å². The summed E-state index contributed by atoms with van der Waals surface area (Å²) >= 11 is 0. The minimum absolute atomic E-state index is 0.238. The molecule has 0 bridgehead atoms. The largest absolute Gasteiger partial charge is 0.496 e. The minimum Gasteiger partial charge on any atom is -0.496 e. The lowest BCUT2D eigenvalue weighted by Crippen LogP contribution is -2.16. The Morgan fingerprint density at radius 1 is 1.10 bits per heavy atom. The van der Waals surface area contributed by atoms with Crippen LogP contribution in [0, 0.1) is 0 Å². The van der Waals surface area contributed by atoms with Gasteiger partial charge < -0.3 is 4.74 Å². The van der Waals surface area contributed by atoms with Crippen LogP contribution >= 0.6 is 0 Å². The average molecular weight is 280 g/mol. The summed E-state index contributed by atoms with van der Waals surface area (Å²) in [6, 6.07) is 16.6. The van der Waals surface area contributed by atoms with E-state index in [1.807, 2.05) is 36.4 Å². The lowest BCUT2D eigenvalue weighted by Gasteiger charge is -2.02. The van der Waals surface area contributed by atoms with Gasteiger partial charge in [-0.25, -0.2) is 5.43 Å². The van der Waals surface area contributed by atoms with Crippen LogP contribution in [0.15, 0.2) is 65.8 Å². The van der Waals surface area contributed by atoms with E-state index in [4.69, 9.17) is 4.74 Å². The summed E-state index contributed by atoms with van der Waals surface area (Å²) in [5.74, 6) is 0.549. The quantitative estimate of drug-likeness (QED) is 0.675. The molecule has 0 unspecified atom stereocenters. The van der Waals surface area contributed by atoms with Crippen molar-refractivity contribution in [1.29, 1.82) is 0 Å². The van der Waals surface area contributed by atoms with Crippen molar-refractivity contribution >= 4 is 18.2 Å². The lowest BCUT2D eigenvalue weighted by molar-refractivity contribution is 0.0955. The Hall–Kier alpha value is -2.88. The van der Waals surface area contributed by atoms with Gasteiger partial charge in [0.05, 0.1) is 7.11 Å². The summed E-state index contributed by atoms with van der Waals surface area (Å²) in [6.07, 6.45) is 5.12. The molecule has 1 amide bonds. The molecule has 0 saturated heterocycles. The number of amides is 1. The molecule has 0 atom stereocenters. The molecule has 2 aromatic carbocycles. The molecule has 1 N–H and O–H groups in total. The molecule has 0 aliphatic heterocycles. The molecular formula is C17H16N2O2. The van der Waals surface area contributed by atoms with Crippen molar-refractivity contribution in [1.82, 2.24) is 5.43 Å². The van der Waals surface area contributed by atoms with E-state index in [2.05, 4.69) is 10.5 Å². The zero-order chi connectivity index (χ0) is 14.9. The SMILES string of the molecule is COc1ccccc1C=CC=NNC(=O)c1ccccc1. The first-order valence-electron chi connectivity index (χ1n) is 6.49. The van der Waals surface area contributed by atoms with Crippen molar-refractivity contribution in [3.63, 3.8) is 0 Å². The number of nitrogens with one attached hydrogen (secondary N) is 1. The molecule has 2 aromatic rings. The fourth-order valence-corrected chi connectivity index (χ4v) is 1.74. The lowest BCUT2D eigenvalue weighted by atomic mass is 10.2. The molecule has 106 valence electrons. The van der Waals surface area contributed by atoms with Gasteiger partial charge in [0.15, 0.2) is 0 Å². The fourth-order valence-electron chi connectivity index (χ4n) is 1.74. The molecule has 2 rings (SSSR count). The number of nitrogens with zero attached hydrogens (tertiary/aromatic N) is 1. The van der Waals surface area contributed by atoms with Crippen molar-refractivity contribution in [3.05, 3.63) is 71.8 Å². The molecule has 0 spiro atoms. The van der Waals surface area contributed by atoms with Crippen molar-refractivity contribution in [2.24, 2.45) is 5.10 Å². The van der Waals surface area contributed by atoms with Gasteiger partial charge in [-0.3, -0.25) is 4.79 Å². The Bertz CT molecular complexity index is 649. The second-order valence-corrected chi connectivity index (χ2v) is 4.19. The van der Waals surface area contributed by atoms with Gasteiger partial charge in [0.1, 0.15) is 5.75 Å². The van der Waals surface area contributed by atoms with Gasteiger partial charge in [0.2, 0.25) is 0 Å². The molecular weight excluding hydrogens is 264 g/mol. The van der Waals surface area contributed by atoms with E-state index in [1.54, 1.807) is 37.5 Å². The number of rotatable bonds is 5. The minimum atomic E-state index is -0.238. The van der Waals surface area contributed by atoms with Crippen molar-refractivity contribution in [3.8, 4) is 5.75 Å². The highest BCUT2D eigenvalue weighted by molar-refractivity contribution is 5.94. The zero-order valence-electron chi connectivity index (χ0n) is 11.7. The average Bonchev–Trinajstić information content (AvgIpc) is 2.55. The summed E-state index contributed by atoms with van der Waals surface area (Å²) in [5.41, 5.74) is 3.98. The number of para-hydroxylation sites is 1. The summed E-state index contributed by atoms with van der Waals surface area (Å²) in [6.45, 7) is 0. The van der Waals surface area contributed by atoms with Crippen molar-refractivity contribution in [2.45, 2.75) is 0 Å². The number of hydrazone groups is 1. The third-order valence-electron chi connectivity index (χ3n) is 2.78. The van der Waals surface area contributed by atoms with Crippen LogP contribution in [0.1, 0.15) is 15.9 Å². The van der Waals surface area contributed by atoms with Crippen LogP contribution in [0.2, 0.25) is 0 Å². The summed E-state index contributed by atoms with van der Waals surface area (Å²) in [7, 11) is 1.63. The normalized spacial score (nSPS) is 10.9. The zero-order valence-corrected chi connectivity index (χ0v) is 11.7. The van der Waals surface area contributed by atoms with E-state index in [0.717, 1.165) is 11.3 Å². The summed E-state index contributed by atoms with van der Waals surface area (Å²) in [5, 5.41) is 3.87. The van der Waals surface area contributed by atoms with E-state index in [1.165, 1.54) is 6.21 Å². The Kier molecular flexibility index (Phi) is 5.29. The third-order valence-corrected chi connectivity index (χ3v) is 2.78. The Morgan fingerprint density at radius 2 is 1.81 bits per heavy atom. The number of benzene rings is 2. The Labute approximate surface area is 123 Å². The molecule has 0 aliphatic carbocycles. The maximum atomic E-state index is 11.7. The number of hydrogen-bond acceptors (Lipinski definition) is 3. The molecule has 0 fully saturated rings. The van der Waals surface area contributed by atoms with Crippen LogP contribution in [0.25, 0.3) is 6.08 Å². The second-order valence-electron chi connectivity index (χ2n) is 4.19. The molecule has 0 aliphatic rings. The smallest absolute Gasteiger partial charge is 0.271 e. The van der Waals surface area contributed by atoms with Crippen LogP contribution < -0.4 is 10.2 Å². The first-order valence-corrected chi connectivity index (χ1v) is 6.49. The molecule has 4 heteroatoms. The highest BCUT2D eigenvalue weighted by Crippen LogP contribution is 2.18. The van der Waals surface area contributed by atoms with Gasteiger partial charge in [0, 0.05) is 17.3 Å². The molecule has 0 aromatic heterocycles. The highest BCUT2D eigenvalue weighted by Gasteiger charge is 2.00. The van der Waals surface area contributed by atoms with E-state index < -0.39 is 0 Å². The third kappa shape index (κ3) is 4.31. The van der Waals surface area contributed by atoms with E-state index >= 15 is 0 Å². The fraction of sp³-hybridized carbons (Fsp3) is 0.0588. The second kappa shape index (κ2) is 7.65. The van der Waals surface area contributed by atoms with Crippen molar-refractivity contribution < 1.29 is 9.53 Å². The van der Waals surface area contributed by atoms with Crippen LogP contribution in [0.4, 0.5) is 0 Å². The van der Waals surface area contributed by atoms with Gasteiger partial charge in [-0.2, -0.15) is 5.10 Å². The van der Waals surface area contributed by atoms with Crippen LogP contribution in [-0.4, -0.2) is 19.2 Å². The summed E-state index contributed by atoms with van der Waals surface area (Å²) in [4.78, 5) is 11.7. The molecule has 4 nitrogen and oxygen atoms in total. The number of allylic oxidation sites excluding steroid dienone is 1. The van der Waals surface area contributed by atoms with Gasteiger partial charge in [-0.1, -0.05) is 36.4 Å². The van der Waals surface area contributed by atoms with E-state index in [9.17, 15) is 4.79 Å². The Morgan fingerprint density at radius 3 is 2.57 bits per heavy atom. The first kappa shape index (κ1) is 14.5. The number of carbonyl (C=O) groups is 1. The molecule has 0 saturated carbocycles. The molecule has 0 radical (unpaired) electrons. The number of carbonyl (C=O) groups excluding carboxylic acids is 1. The monoisotopic (exact) mass is 280 g/mol. The Balaban J connectivity index is 1.91. The van der Waals surface area contributed by atoms with Gasteiger partial charge in [-0.05, 0) is 30.4 Å². The standard InChI is InChI=1S/C17H16N2O2/c1-21-16-12-6-5-8-14(16)11-7-13-18-19-17(20)15-9-3-2-4-10-15/h2-13H,1H3,(H,19,20). The predicted octanol–water partition coefficient (Wildman–Crippen LogP) is 3.12. The van der Waals surface area contributed by atoms with Gasteiger partial charge in [-0.15, -0.1) is 0 Å². The van der Waals surface area contributed by atoms with E-state index in [0.29, 0.717) is 5.56 Å². The first-order chi connectivity index (χ1) is 10.3. The maximum Gasteiger partial charge on any atom is 0.271 e.